The average molecular weight is 531 g/mol. The van der Waals surface area contributed by atoms with Gasteiger partial charge in [0.05, 0.1) is 26.5 Å². The quantitative estimate of drug-likeness (QED) is 0.119. The fourth-order valence-electron chi connectivity index (χ4n) is 4.98. The van der Waals surface area contributed by atoms with E-state index in [0.717, 1.165) is 32.8 Å². The van der Waals surface area contributed by atoms with Gasteiger partial charge in [0.15, 0.2) is 0 Å². The van der Waals surface area contributed by atoms with Gasteiger partial charge in [-0.05, 0) is 24.5 Å². The minimum Gasteiger partial charge on any atom is -0.379 e. The lowest BCUT2D eigenvalue weighted by molar-refractivity contribution is -0.0451. The molecule has 218 valence electrons. The highest BCUT2D eigenvalue weighted by molar-refractivity contribution is 5.23. The number of benzene rings is 1. The van der Waals surface area contributed by atoms with Crippen molar-refractivity contribution in [2.75, 3.05) is 40.1 Å². The molecule has 0 aliphatic carbocycles. The molecule has 0 radical (unpaired) electrons. The normalized spacial score (nSPS) is 14.1. The smallest absolute Gasteiger partial charge is 0.104 e. The summed E-state index contributed by atoms with van der Waals surface area (Å²) >= 11 is 0. The summed E-state index contributed by atoms with van der Waals surface area (Å²) in [6.07, 6.45) is 23.7. The summed E-state index contributed by atoms with van der Waals surface area (Å²) in [4.78, 5) is 4.64. The molecule has 0 saturated heterocycles. The molecule has 1 aromatic rings. The number of rotatable bonds is 25. The standard InChI is InChI=1S/C33H58N2O3/c1-4-6-7-8-9-10-11-12-13-14-15-16-17-18-24-37-28-33(36-3)29-38-27-32-21-19-20-31(25-32)26-35-23-22-34(5-2)30-35/h19-23,25,33H,4-18,24,26-30H2,1-3H3. The maximum Gasteiger partial charge on any atom is 0.104 e. The highest BCUT2D eigenvalue weighted by Gasteiger charge is 2.11. The molecule has 5 heteroatoms. The van der Waals surface area contributed by atoms with Gasteiger partial charge in [-0.3, -0.25) is 0 Å². The van der Waals surface area contributed by atoms with E-state index in [1.807, 2.05) is 0 Å². The van der Waals surface area contributed by atoms with E-state index in [9.17, 15) is 0 Å². The van der Waals surface area contributed by atoms with Crippen LogP contribution in [0.15, 0.2) is 36.7 Å². The molecule has 1 aromatic carbocycles. The Morgan fingerprint density at radius 2 is 1.29 bits per heavy atom. The third-order valence-corrected chi connectivity index (χ3v) is 7.49. The molecule has 5 nitrogen and oxygen atoms in total. The van der Waals surface area contributed by atoms with Gasteiger partial charge in [-0.1, -0.05) is 115 Å². The maximum atomic E-state index is 5.97. The molecule has 2 rings (SSSR count). The van der Waals surface area contributed by atoms with Crippen molar-refractivity contribution in [3.63, 3.8) is 0 Å². The van der Waals surface area contributed by atoms with Crippen molar-refractivity contribution in [2.24, 2.45) is 0 Å². The van der Waals surface area contributed by atoms with Gasteiger partial charge in [-0.15, -0.1) is 0 Å². The zero-order valence-corrected chi connectivity index (χ0v) is 25.0. The number of hydrogen-bond acceptors (Lipinski definition) is 5. The molecule has 0 aromatic heterocycles. The Labute approximate surface area is 234 Å². The zero-order chi connectivity index (χ0) is 27.1. The van der Waals surface area contributed by atoms with Crippen molar-refractivity contribution in [3.05, 3.63) is 47.8 Å². The fraction of sp³-hybridized carbons (Fsp3) is 0.758. The van der Waals surface area contributed by atoms with Crippen LogP contribution in [-0.2, 0) is 27.4 Å². The SMILES string of the molecule is CCCCCCCCCCCCCCCCOCC(COCc1cccc(CN2C=CN(CC)C2)c1)OC. The molecule has 0 bridgehead atoms. The summed E-state index contributed by atoms with van der Waals surface area (Å²) in [6, 6.07) is 8.69. The van der Waals surface area contributed by atoms with Crippen molar-refractivity contribution < 1.29 is 14.2 Å². The van der Waals surface area contributed by atoms with E-state index in [0.29, 0.717) is 19.8 Å². The zero-order valence-electron chi connectivity index (χ0n) is 25.0. The second-order valence-electron chi connectivity index (χ2n) is 11.0. The van der Waals surface area contributed by atoms with Gasteiger partial charge in [0.25, 0.3) is 0 Å². The van der Waals surface area contributed by atoms with Crippen LogP contribution in [0.25, 0.3) is 0 Å². The number of nitrogens with zero attached hydrogens (tertiary/aromatic N) is 2. The van der Waals surface area contributed by atoms with E-state index < -0.39 is 0 Å². The summed E-state index contributed by atoms with van der Waals surface area (Å²) in [5.74, 6) is 0. The molecule has 1 unspecified atom stereocenters. The van der Waals surface area contributed by atoms with Crippen LogP contribution < -0.4 is 0 Å². The van der Waals surface area contributed by atoms with Crippen LogP contribution in [0.1, 0.15) is 115 Å². The number of unbranched alkanes of at least 4 members (excludes halogenated alkanes) is 13. The van der Waals surface area contributed by atoms with Crippen LogP contribution in [0.4, 0.5) is 0 Å². The number of ether oxygens (including phenoxy) is 3. The Balaban J connectivity index is 1.41. The molecule has 0 N–H and O–H groups in total. The van der Waals surface area contributed by atoms with E-state index in [-0.39, 0.29) is 6.10 Å². The first-order valence-electron chi connectivity index (χ1n) is 15.7. The Bertz CT molecular complexity index is 711. The van der Waals surface area contributed by atoms with Crippen LogP contribution in [0.3, 0.4) is 0 Å². The Hall–Kier alpha value is -1.56. The van der Waals surface area contributed by atoms with Crippen molar-refractivity contribution >= 4 is 0 Å². The van der Waals surface area contributed by atoms with Crippen molar-refractivity contribution in [3.8, 4) is 0 Å². The predicted molar refractivity (Wildman–Crippen MR) is 160 cm³/mol. The third kappa shape index (κ3) is 15.8. The van der Waals surface area contributed by atoms with Crippen LogP contribution in [-0.4, -0.2) is 56.0 Å². The molecule has 1 heterocycles. The molecule has 0 saturated carbocycles. The molecule has 0 spiro atoms. The van der Waals surface area contributed by atoms with Gasteiger partial charge in [-0.2, -0.15) is 0 Å². The highest BCUT2D eigenvalue weighted by Crippen LogP contribution is 2.15. The Morgan fingerprint density at radius 1 is 0.711 bits per heavy atom. The minimum atomic E-state index is -0.0143. The van der Waals surface area contributed by atoms with E-state index >= 15 is 0 Å². The van der Waals surface area contributed by atoms with E-state index in [1.165, 1.54) is 94.6 Å². The molecule has 1 atom stereocenters. The van der Waals surface area contributed by atoms with E-state index in [4.69, 9.17) is 14.2 Å². The van der Waals surface area contributed by atoms with Gasteiger partial charge in [0.2, 0.25) is 0 Å². The maximum absolute atomic E-state index is 5.97. The Kier molecular flexibility index (Phi) is 19.1. The second-order valence-corrected chi connectivity index (χ2v) is 11.0. The van der Waals surface area contributed by atoms with Gasteiger partial charge in [-0.25, -0.2) is 0 Å². The largest absolute Gasteiger partial charge is 0.379 e. The summed E-state index contributed by atoms with van der Waals surface area (Å²) in [7, 11) is 1.74. The Morgan fingerprint density at radius 3 is 1.89 bits per heavy atom. The number of methoxy groups -OCH3 is 1. The lowest BCUT2D eigenvalue weighted by Gasteiger charge is -2.20. The molecular formula is C33H58N2O3. The van der Waals surface area contributed by atoms with Crippen molar-refractivity contribution in [1.29, 1.82) is 0 Å². The molecule has 1 aliphatic heterocycles. The molecular weight excluding hydrogens is 472 g/mol. The monoisotopic (exact) mass is 530 g/mol. The average Bonchev–Trinajstić information content (AvgIpc) is 3.39. The second kappa shape index (κ2) is 22.3. The molecule has 0 amide bonds. The summed E-state index contributed by atoms with van der Waals surface area (Å²) < 4.78 is 17.4. The van der Waals surface area contributed by atoms with Crippen LogP contribution in [0.2, 0.25) is 0 Å². The van der Waals surface area contributed by atoms with Crippen LogP contribution >= 0.6 is 0 Å². The van der Waals surface area contributed by atoms with Gasteiger partial charge in [0, 0.05) is 39.2 Å². The topological polar surface area (TPSA) is 34.2 Å². The fourth-order valence-corrected chi connectivity index (χ4v) is 4.98. The predicted octanol–water partition coefficient (Wildman–Crippen LogP) is 8.28. The lowest BCUT2D eigenvalue weighted by Crippen LogP contribution is -2.25. The van der Waals surface area contributed by atoms with Gasteiger partial charge < -0.3 is 24.0 Å². The number of hydrogen-bond donors (Lipinski definition) is 0. The van der Waals surface area contributed by atoms with Crippen molar-refractivity contribution in [1.82, 2.24) is 9.80 Å². The first-order chi connectivity index (χ1) is 18.7. The van der Waals surface area contributed by atoms with E-state index in [1.54, 1.807) is 7.11 Å². The highest BCUT2D eigenvalue weighted by atomic mass is 16.6. The lowest BCUT2D eigenvalue weighted by atomic mass is 10.0. The summed E-state index contributed by atoms with van der Waals surface area (Å²) in [5, 5.41) is 0. The van der Waals surface area contributed by atoms with E-state index in [2.05, 4.69) is 60.3 Å². The van der Waals surface area contributed by atoms with Crippen molar-refractivity contribution in [2.45, 2.75) is 123 Å². The van der Waals surface area contributed by atoms with Crippen LogP contribution in [0.5, 0.6) is 0 Å². The van der Waals surface area contributed by atoms with Crippen LogP contribution in [0, 0.1) is 0 Å². The van der Waals surface area contributed by atoms with Gasteiger partial charge >= 0.3 is 0 Å². The molecule has 38 heavy (non-hydrogen) atoms. The molecule has 1 aliphatic rings. The summed E-state index contributed by atoms with van der Waals surface area (Å²) in [5.41, 5.74) is 2.52. The first kappa shape index (κ1) is 32.7. The van der Waals surface area contributed by atoms with Gasteiger partial charge in [0.1, 0.15) is 6.10 Å². The third-order valence-electron chi connectivity index (χ3n) is 7.49. The minimum absolute atomic E-state index is 0.0143. The summed E-state index contributed by atoms with van der Waals surface area (Å²) in [6.45, 7) is 9.99. The molecule has 0 fully saturated rings. The first-order valence-corrected chi connectivity index (χ1v) is 15.7.